The second-order valence-corrected chi connectivity index (χ2v) is 3.98. The van der Waals surface area contributed by atoms with Crippen molar-refractivity contribution in [1.82, 2.24) is 15.5 Å². The van der Waals surface area contributed by atoms with Gasteiger partial charge < -0.3 is 5.32 Å². The van der Waals surface area contributed by atoms with Crippen molar-refractivity contribution in [3.05, 3.63) is 0 Å². The molecule has 5 heteroatoms. The molecule has 0 aromatic heterocycles. The van der Waals surface area contributed by atoms with E-state index < -0.39 is 0 Å². The minimum atomic E-state index is -0.230. The summed E-state index contributed by atoms with van der Waals surface area (Å²) in [5, 5.41) is 5.64. The van der Waals surface area contributed by atoms with Gasteiger partial charge in [0.1, 0.15) is 0 Å². The lowest BCUT2D eigenvalue weighted by Crippen LogP contribution is -2.54. The van der Waals surface area contributed by atoms with Crippen molar-refractivity contribution in [3.63, 3.8) is 0 Å². The smallest absolute Gasteiger partial charge is 0.244 e. The summed E-state index contributed by atoms with van der Waals surface area (Å²) in [5.41, 5.74) is 0. The van der Waals surface area contributed by atoms with Crippen LogP contribution in [0.1, 0.15) is 13.3 Å². The molecule has 0 saturated carbocycles. The predicted molar refractivity (Wildman–Crippen MR) is 50.6 cm³/mol. The van der Waals surface area contributed by atoms with Crippen molar-refractivity contribution in [2.45, 2.75) is 25.4 Å². The Morgan fingerprint density at radius 1 is 1.43 bits per heavy atom. The maximum Gasteiger partial charge on any atom is 0.244 e. The van der Waals surface area contributed by atoms with Gasteiger partial charge in [-0.05, 0) is 6.92 Å². The highest BCUT2D eigenvalue weighted by Gasteiger charge is 2.36. The van der Waals surface area contributed by atoms with E-state index in [-0.39, 0.29) is 17.9 Å². The Morgan fingerprint density at radius 3 is 2.79 bits per heavy atom. The molecule has 2 aliphatic rings. The highest BCUT2D eigenvalue weighted by molar-refractivity contribution is 6.05. The summed E-state index contributed by atoms with van der Waals surface area (Å²) in [6, 6.07) is 0.166. The first kappa shape index (κ1) is 9.61. The average Bonchev–Trinajstić information content (AvgIpc) is 2.45. The third-order valence-electron chi connectivity index (χ3n) is 2.78. The molecule has 0 aromatic rings. The Balaban J connectivity index is 2.00. The second-order valence-electron chi connectivity index (χ2n) is 3.98. The molecule has 78 valence electrons. The van der Waals surface area contributed by atoms with Crippen LogP contribution in [0, 0.1) is 0 Å². The van der Waals surface area contributed by atoms with E-state index >= 15 is 0 Å². The number of rotatable bonds is 1. The zero-order valence-corrected chi connectivity index (χ0v) is 8.25. The zero-order chi connectivity index (χ0) is 10.1. The van der Waals surface area contributed by atoms with Crippen LogP contribution in [-0.2, 0) is 9.59 Å². The standard InChI is InChI=1S/C9H15N3O2/c1-6-5-12(3-2-10-6)7-4-8(13)11-9(7)14/h6-7,10H,2-5H2,1H3,(H,11,13,14). The van der Waals surface area contributed by atoms with Crippen LogP contribution in [0.5, 0.6) is 0 Å². The highest BCUT2D eigenvalue weighted by atomic mass is 16.2. The fourth-order valence-electron chi connectivity index (χ4n) is 2.08. The van der Waals surface area contributed by atoms with Crippen LogP contribution in [0.4, 0.5) is 0 Å². The second kappa shape index (κ2) is 3.67. The van der Waals surface area contributed by atoms with Crippen LogP contribution in [0.15, 0.2) is 0 Å². The van der Waals surface area contributed by atoms with E-state index in [2.05, 4.69) is 22.5 Å². The van der Waals surface area contributed by atoms with Crippen LogP contribution < -0.4 is 10.6 Å². The number of carbonyl (C=O) groups excluding carboxylic acids is 2. The number of hydrogen-bond donors (Lipinski definition) is 2. The molecule has 2 rings (SSSR count). The molecule has 14 heavy (non-hydrogen) atoms. The molecule has 2 amide bonds. The molecule has 0 aromatic carbocycles. The number of nitrogens with zero attached hydrogens (tertiary/aromatic N) is 1. The SMILES string of the molecule is CC1CN(C2CC(=O)NC2=O)CCN1. The van der Waals surface area contributed by atoms with Gasteiger partial charge in [-0.15, -0.1) is 0 Å². The first-order valence-electron chi connectivity index (χ1n) is 4.98. The lowest BCUT2D eigenvalue weighted by atomic mass is 10.1. The Kier molecular flexibility index (Phi) is 2.52. The average molecular weight is 197 g/mol. The van der Waals surface area contributed by atoms with Gasteiger partial charge in [0.2, 0.25) is 11.8 Å². The third kappa shape index (κ3) is 1.78. The van der Waals surface area contributed by atoms with Gasteiger partial charge in [-0.2, -0.15) is 0 Å². The van der Waals surface area contributed by atoms with Crippen LogP contribution in [-0.4, -0.2) is 48.4 Å². The lowest BCUT2D eigenvalue weighted by molar-refractivity contribution is -0.126. The fraction of sp³-hybridized carbons (Fsp3) is 0.778. The first-order chi connectivity index (χ1) is 6.66. The van der Waals surface area contributed by atoms with E-state index in [0.717, 1.165) is 19.6 Å². The topological polar surface area (TPSA) is 61.4 Å². The van der Waals surface area contributed by atoms with Gasteiger partial charge in [0.15, 0.2) is 0 Å². The maximum atomic E-state index is 11.4. The molecule has 0 radical (unpaired) electrons. The molecule has 2 aliphatic heterocycles. The van der Waals surface area contributed by atoms with Gasteiger partial charge in [-0.3, -0.25) is 19.8 Å². The fourth-order valence-corrected chi connectivity index (χ4v) is 2.08. The lowest BCUT2D eigenvalue weighted by Gasteiger charge is -2.34. The zero-order valence-electron chi connectivity index (χ0n) is 8.25. The van der Waals surface area contributed by atoms with E-state index in [0.29, 0.717) is 12.5 Å². The molecule has 2 heterocycles. The number of amides is 2. The Bertz CT molecular complexity index is 267. The Morgan fingerprint density at radius 2 is 2.21 bits per heavy atom. The molecule has 2 N–H and O–H groups in total. The molecule has 2 atom stereocenters. The summed E-state index contributed by atoms with van der Waals surface area (Å²) in [7, 11) is 0. The van der Waals surface area contributed by atoms with E-state index in [1.807, 2.05) is 0 Å². The molecular formula is C9H15N3O2. The summed E-state index contributed by atoms with van der Waals surface area (Å²) in [5.74, 6) is -0.282. The maximum absolute atomic E-state index is 11.4. The largest absolute Gasteiger partial charge is 0.312 e. The van der Waals surface area contributed by atoms with Crippen molar-refractivity contribution in [3.8, 4) is 0 Å². The molecule has 5 nitrogen and oxygen atoms in total. The Hall–Kier alpha value is -0.940. The van der Waals surface area contributed by atoms with E-state index in [4.69, 9.17) is 0 Å². The molecule has 2 unspecified atom stereocenters. The first-order valence-corrected chi connectivity index (χ1v) is 4.98. The van der Waals surface area contributed by atoms with Crippen molar-refractivity contribution in [1.29, 1.82) is 0 Å². The summed E-state index contributed by atoms with van der Waals surface area (Å²) < 4.78 is 0. The van der Waals surface area contributed by atoms with Gasteiger partial charge >= 0.3 is 0 Å². The van der Waals surface area contributed by atoms with Crippen LogP contribution in [0.2, 0.25) is 0 Å². The molecule has 2 saturated heterocycles. The van der Waals surface area contributed by atoms with E-state index in [9.17, 15) is 9.59 Å². The molecular weight excluding hydrogens is 182 g/mol. The number of nitrogens with one attached hydrogen (secondary N) is 2. The molecule has 0 bridgehead atoms. The summed E-state index contributed by atoms with van der Waals surface area (Å²) >= 11 is 0. The van der Waals surface area contributed by atoms with Gasteiger partial charge in [-0.25, -0.2) is 0 Å². The monoisotopic (exact) mass is 197 g/mol. The minimum absolute atomic E-state index is 0.135. The van der Waals surface area contributed by atoms with Gasteiger partial charge in [0.25, 0.3) is 0 Å². The van der Waals surface area contributed by atoms with Gasteiger partial charge in [0.05, 0.1) is 12.5 Å². The van der Waals surface area contributed by atoms with Crippen LogP contribution >= 0.6 is 0 Å². The van der Waals surface area contributed by atoms with Gasteiger partial charge in [-0.1, -0.05) is 0 Å². The number of imide groups is 1. The molecule has 2 fully saturated rings. The number of hydrogen-bond acceptors (Lipinski definition) is 4. The summed E-state index contributed by atoms with van der Waals surface area (Å²) in [6.45, 7) is 4.65. The van der Waals surface area contributed by atoms with Gasteiger partial charge in [0, 0.05) is 25.7 Å². The van der Waals surface area contributed by atoms with Crippen molar-refractivity contribution in [2.24, 2.45) is 0 Å². The predicted octanol–water partition coefficient (Wildman–Crippen LogP) is -1.30. The van der Waals surface area contributed by atoms with E-state index in [1.165, 1.54) is 0 Å². The van der Waals surface area contributed by atoms with E-state index in [1.54, 1.807) is 0 Å². The van der Waals surface area contributed by atoms with Crippen LogP contribution in [0.3, 0.4) is 0 Å². The highest BCUT2D eigenvalue weighted by Crippen LogP contribution is 2.12. The van der Waals surface area contributed by atoms with Crippen molar-refractivity contribution >= 4 is 11.8 Å². The number of piperazine rings is 1. The quantitative estimate of drug-likeness (QED) is 0.513. The Labute approximate surface area is 82.8 Å². The van der Waals surface area contributed by atoms with Crippen molar-refractivity contribution < 1.29 is 9.59 Å². The summed E-state index contributed by atoms with van der Waals surface area (Å²) in [6.07, 6.45) is 0.325. The van der Waals surface area contributed by atoms with Crippen LogP contribution in [0.25, 0.3) is 0 Å². The number of carbonyl (C=O) groups is 2. The molecule has 0 spiro atoms. The summed E-state index contributed by atoms with van der Waals surface area (Å²) in [4.78, 5) is 24.5. The molecule has 0 aliphatic carbocycles. The van der Waals surface area contributed by atoms with Crippen molar-refractivity contribution in [2.75, 3.05) is 19.6 Å². The minimum Gasteiger partial charge on any atom is -0.312 e. The third-order valence-corrected chi connectivity index (χ3v) is 2.78. The normalized spacial score (nSPS) is 34.6.